The number of carbonyl (C=O) groups excluding carboxylic acids is 1. The van der Waals surface area contributed by atoms with Crippen molar-refractivity contribution in [3.05, 3.63) is 22.4 Å². The number of methoxy groups -OCH3 is 1. The Kier molecular flexibility index (Phi) is 4.53. The van der Waals surface area contributed by atoms with Crippen LogP contribution in [0.5, 0.6) is 0 Å². The Morgan fingerprint density at radius 1 is 1.41 bits per heavy atom. The molecule has 5 heteroatoms. The van der Waals surface area contributed by atoms with Gasteiger partial charge in [0.2, 0.25) is 0 Å². The van der Waals surface area contributed by atoms with Gasteiger partial charge in [0.1, 0.15) is 0 Å². The smallest absolute Gasteiger partial charge is 0.264 e. The van der Waals surface area contributed by atoms with E-state index in [1.807, 2.05) is 22.4 Å². The molecule has 4 nitrogen and oxygen atoms in total. The highest BCUT2D eigenvalue weighted by Crippen LogP contribution is 2.13. The Morgan fingerprint density at radius 2 is 2.18 bits per heavy atom. The average Bonchev–Trinajstić information content (AvgIpc) is 2.90. The van der Waals surface area contributed by atoms with Gasteiger partial charge in [-0.05, 0) is 11.4 Å². The first-order chi connectivity index (χ1) is 8.31. The van der Waals surface area contributed by atoms with E-state index in [2.05, 4.69) is 4.90 Å². The van der Waals surface area contributed by atoms with Gasteiger partial charge in [-0.1, -0.05) is 6.07 Å². The van der Waals surface area contributed by atoms with Crippen LogP contribution < -0.4 is 0 Å². The minimum atomic E-state index is 0.173. The molecule has 0 aromatic carbocycles. The number of carbonyl (C=O) groups is 1. The van der Waals surface area contributed by atoms with E-state index in [-0.39, 0.29) is 5.91 Å². The van der Waals surface area contributed by atoms with Crippen LogP contribution in [-0.2, 0) is 4.74 Å². The maximum absolute atomic E-state index is 12.1. The van der Waals surface area contributed by atoms with E-state index in [1.54, 1.807) is 7.11 Å². The molecule has 0 N–H and O–H groups in total. The van der Waals surface area contributed by atoms with Crippen molar-refractivity contribution >= 4 is 17.2 Å². The Morgan fingerprint density at radius 3 is 2.76 bits per heavy atom. The van der Waals surface area contributed by atoms with Crippen LogP contribution in [-0.4, -0.2) is 62.1 Å². The van der Waals surface area contributed by atoms with Crippen LogP contribution in [0.4, 0.5) is 0 Å². The van der Waals surface area contributed by atoms with Gasteiger partial charge in [0.15, 0.2) is 0 Å². The van der Waals surface area contributed by atoms with Gasteiger partial charge >= 0.3 is 0 Å². The van der Waals surface area contributed by atoms with Crippen LogP contribution in [0.1, 0.15) is 9.67 Å². The summed E-state index contributed by atoms with van der Waals surface area (Å²) in [7, 11) is 1.72. The van der Waals surface area contributed by atoms with Crippen LogP contribution in [0.3, 0.4) is 0 Å². The lowest BCUT2D eigenvalue weighted by atomic mass is 10.3. The van der Waals surface area contributed by atoms with Gasteiger partial charge in [0.25, 0.3) is 5.91 Å². The molecule has 0 spiro atoms. The second kappa shape index (κ2) is 6.14. The Labute approximate surface area is 106 Å². The molecule has 17 heavy (non-hydrogen) atoms. The maximum Gasteiger partial charge on any atom is 0.264 e. The number of nitrogens with zero attached hydrogens (tertiary/aromatic N) is 2. The van der Waals surface area contributed by atoms with E-state index < -0.39 is 0 Å². The third-order valence-corrected chi connectivity index (χ3v) is 3.86. The minimum absolute atomic E-state index is 0.173. The third kappa shape index (κ3) is 3.28. The van der Waals surface area contributed by atoms with Gasteiger partial charge in [-0.15, -0.1) is 11.3 Å². The van der Waals surface area contributed by atoms with Crippen LogP contribution in [0, 0.1) is 0 Å². The minimum Gasteiger partial charge on any atom is -0.383 e. The van der Waals surface area contributed by atoms with E-state index in [1.165, 1.54) is 11.3 Å². The summed E-state index contributed by atoms with van der Waals surface area (Å²) in [6.07, 6.45) is 0. The standard InChI is InChI=1S/C12H18N2O2S/c1-16-9-8-13-4-6-14(7-5-13)12(15)11-3-2-10-17-11/h2-3,10H,4-9H2,1H3. The van der Waals surface area contributed by atoms with Gasteiger partial charge in [0, 0.05) is 39.8 Å². The van der Waals surface area contributed by atoms with Crippen molar-refractivity contribution in [1.82, 2.24) is 9.80 Å². The molecule has 94 valence electrons. The fraction of sp³-hybridized carbons (Fsp3) is 0.583. The lowest BCUT2D eigenvalue weighted by Gasteiger charge is -2.34. The quantitative estimate of drug-likeness (QED) is 0.808. The molecule has 1 fully saturated rings. The summed E-state index contributed by atoms with van der Waals surface area (Å²) in [6.45, 7) is 5.25. The monoisotopic (exact) mass is 254 g/mol. The van der Waals surface area contributed by atoms with Crippen LogP contribution >= 0.6 is 11.3 Å². The first kappa shape index (κ1) is 12.5. The lowest BCUT2D eigenvalue weighted by molar-refractivity contribution is 0.0598. The van der Waals surface area contributed by atoms with Crippen molar-refractivity contribution in [1.29, 1.82) is 0 Å². The molecule has 1 aliphatic rings. The SMILES string of the molecule is COCCN1CCN(C(=O)c2cccs2)CC1. The van der Waals surface area contributed by atoms with E-state index >= 15 is 0 Å². The molecule has 0 aliphatic carbocycles. The highest BCUT2D eigenvalue weighted by Gasteiger charge is 2.22. The van der Waals surface area contributed by atoms with E-state index in [0.29, 0.717) is 0 Å². The zero-order chi connectivity index (χ0) is 12.1. The molecule has 0 unspecified atom stereocenters. The molecule has 1 aromatic rings. The first-order valence-electron chi connectivity index (χ1n) is 5.85. The molecule has 0 bridgehead atoms. The van der Waals surface area contributed by atoms with E-state index in [4.69, 9.17) is 4.74 Å². The molecule has 0 radical (unpaired) electrons. The van der Waals surface area contributed by atoms with E-state index in [9.17, 15) is 4.79 Å². The predicted octanol–water partition coefficient (Wildman–Crippen LogP) is 1.15. The van der Waals surface area contributed by atoms with Crippen molar-refractivity contribution < 1.29 is 9.53 Å². The number of rotatable bonds is 4. The molecule has 1 aliphatic heterocycles. The van der Waals surface area contributed by atoms with Crippen LogP contribution in [0.25, 0.3) is 0 Å². The first-order valence-corrected chi connectivity index (χ1v) is 6.73. The van der Waals surface area contributed by atoms with Crippen molar-refractivity contribution in [2.24, 2.45) is 0 Å². The van der Waals surface area contributed by atoms with Gasteiger partial charge in [-0.25, -0.2) is 0 Å². The summed E-state index contributed by atoms with van der Waals surface area (Å²) in [5.74, 6) is 0.173. The van der Waals surface area contributed by atoms with Crippen molar-refractivity contribution in [2.75, 3.05) is 46.4 Å². The summed E-state index contributed by atoms with van der Waals surface area (Å²) in [5.41, 5.74) is 0. The highest BCUT2D eigenvalue weighted by atomic mass is 32.1. The number of amides is 1. The summed E-state index contributed by atoms with van der Waals surface area (Å²) in [4.78, 5) is 17.2. The number of piperazine rings is 1. The van der Waals surface area contributed by atoms with Crippen molar-refractivity contribution in [3.8, 4) is 0 Å². The summed E-state index contributed by atoms with van der Waals surface area (Å²) in [6, 6.07) is 3.82. The number of hydrogen-bond donors (Lipinski definition) is 0. The van der Waals surface area contributed by atoms with Gasteiger partial charge in [-0.3, -0.25) is 9.69 Å². The molecule has 0 atom stereocenters. The normalized spacial score (nSPS) is 17.4. The summed E-state index contributed by atoms with van der Waals surface area (Å²) < 4.78 is 5.06. The fourth-order valence-corrected chi connectivity index (χ4v) is 2.64. The maximum atomic E-state index is 12.1. The predicted molar refractivity (Wildman–Crippen MR) is 68.5 cm³/mol. The van der Waals surface area contributed by atoms with Gasteiger partial charge in [0.05, 0.1) is 11.5 Å². The zero-order valence-corrected chi connectivity index (χ0v) is 10.9. The van der Waals surface area contributed by atoms with Gasteiger partial charge in [-0.2, -0.15) is 0 Å². The Bertz CT molecular complexity index is 345. The molecule has 1 amide bonds. The molecule has 1 aromatic heterocycles. The molecular weight excluding hydrogens is 236 g/mol. The molecule has 2 rings (SSSR count). The lowest BCUT2D eigenvalue weighted by Crippen LogP contribution is -2.49. The zero-order valence-electron chi connectivity index (χ0n) is 10.1. The highest BCUT2D eigenvalue weighted by molar-refractivity contribution is 7.12. The molecular formula is C12H18N2O2S. The largest absolute Gasteiger partial charge is 0.383 e. The van der Waals surface area contributed by atoms with Crippen LogP contribution in [0.15, 0.2) is 17.5 Å². The molecule has 2 heterocycles. The van der Waals surface area contributed by atoms with Crippen LogP contribution in [0.2, 0.25) is 0 Å². The number of thiophene rings is 1. The molecule has 1 saturated heterocycles. The molecule has 0 saturated carbocycles. The third-order valence-electron chi connectivity index (χ3n) is 3.00. The Balaban J connectivity index is 1.81. The Hall–Kier alpha value is -0.910. The fourth-order valence-electron chi connectivity index (χ4n) is 1.95. The summed E-state index contributed by atoms with van der Waals surface area (Å²) >= 11 is 1.51. The number of hydrogen-bond acceptors (Lipinski definition) is 4. The van der Waals surface area contributed by atoms with Gasteiger partial charge < -0.3 is 9.64 Å². The van der Waals surface area contributed by atoms with E-state index in [0.717, 1.165) is 44.2 Å². The topological polar surface area (TPSA) is 32.8 Å². The second-order valence-corrected chi connectivity index (χ2v) is 5.05. The second-order valence-electron chi connectivity index (χ2n) is 4.10. The average molecular weight is 254 g/mol. The van der Waals surface area contributed by atoms with Crippen molar-refractivity contribution in [3.63, 3.8) is 0 Å². The summed E-state index contributed by atoms with van der Waals surface area (Å²) in [5, 5.41) is 1.95. The van der Waals surface area contributed by atoms with Crippen molar-refractivity contribution in [2.45, 2.75) is 0 Å². The number of ether oxygens (including phenoxy) is 1.